The molecular weight excluding hydrogens is 358 g/mol. The lowest BCUT2D eigenvalue weighted by Gasteiger charge is -2.17. The number of aryl methyl sites for hydroxylation is 2. The van der Waals surface area contributed by atoms with E-state index in [9.17, 15) is 14.7 Å². The Bertz CT molecular complexity index is 888. The monoisotopic (exact) mass is 383 g/mol. The van der Waals surface area contributed by atoms with Crippen LogP contribution in [0, 0.1) is 19.8 Å². The van der Waals surface area contributed by atoms with E-state index in [1.54, 1.807) is 32.4 Å². The van der Waals surface area contributed by atoms with Gasteiger partial charge in [0.25, 0.3) is 0 Å². The van der Waals surface area contributed by atoms with Crippen molar-refractivity contribution >= 4 is 11.9 Å². The Hall–Kier alpha value is -3.02. The normalized spacial score (nSPS) is 18.9. The van der Waals surface area contributed by atoms with E-state index >= 15 is 0 Å². The van der Waals surface area contributed by atoms with Gasteiger partial charge in [0, 0.05) is 17.4 Å². The van der Waals surface area contributed by atoms with Crippen molar-refractivity contribution in [2.24, 2.45) is 5.92 Å². The molecule has 3 unspecified atom stereocenters. The molecule has 2 N–H and O–H groups in total. The molecule has 6 heteroatoms. The van der Waals surface area contributed by atoms with Crippen molar-refractivity contribution in [1.82, 2.24) is 5.32 Å². The van der Waals surface area contributed by atoms with Crippen molar-refractivity contribution in [2.45, 2.75) is 32.2 Å². The van der Waals surface area contributed by atoms with Crippen LogP contribution in [-0.2, 0) is 9.59 Å². The standard InChI is InChI=1S/C22H25NO5/c1-12-7-13(2)9-14(8-12)20(22(25)26)23-21(24)18-11-16(18)17-10-15(27-3)5-6-19(17)28-4/h5-10,16,18,20H,11H2,1-4H3,(H,23,24)(H,25,26). The second-order valence-electron chi connectivity index (χ2n) is 7.26. The van der Waals surface area contributed by atoms with Crippen LogP contribution in [0.2, 0.25) is 0 Å². The predicted molar refractivity (Wildman–Crippen MR) is 105 cm³/mol. The first-order valence-electron chi connectivity index (χ1n) is 9.17. The first-order chi connectivity index (χ1) is 13.3. The number of hydrogen-bond acceptors (Lipinski definition) is 4. The van der Waals surface area contributed by atoms with Gasteiger partial charge in [0.2, 0.25) is 5.91 Å². The van der Waals surface area contributed by atoms with Crippen LogP contribution in [0.25, 0.3) is 0 Å². The predicted octanol–water partition coefficient (Wildman–Crippen LogP) is 3.37. The van der Waals surface area contributed by atoms with Crippen LogP contribution in [0.3, 0.4) is 0 Å². The van der Waals surface area contributed by atoms with Crippen LogP contribution in [0.5, 0.6) is 11.5 Å². The molecule has 0 radical (unpaired) electrons. The van der Waals surface area contributed by atoms with E-state index < -0.39 is 12.0 Å². The summed E-state index contributed by atoms with van der Waals surface area (Å²) in [4.78, 5) is 24.5. The smallest absolute Gasteiger partial charge is 0.330 e. The summed E-state index contributed by atoms with van der Waals surface area (Å²) in [6.07, 6.45) is 0.647. The second-order valence-corrected chi connectivity index (χ2v) is 7.26. The zero-order chi connectivity index (χ0) is 20.4. The first-order valence-corrected chi connectivity index (χ1v) is 9.17. The van der Waals surface area contributed by atoms with E-state index in [2.05, 4.69) is 5.32 Å². The Kier molecular flexibility index (Phi) is 5.58. The molecule has 1 fully saturated rings. The van der Waals surface area contributed by atoms with Crippen LogP contribution in [0.1, 0.15) is 40.6 Å². The maximum atomic E-state index is 12.8. The Morgan fingerprint density at radius 3 is 2.32 bits per heavy atom. The van der Waals surface area contributed by atoms with Crippen molar-refractivity contribution < 1.29 is 24.2 Å². The molecule has 148 valence electrons. The quantitative estimate of drug-likeness (QED) is 0.766. The van der Waals surface area contributed by atoms with E-state index in [-0.39, 0.29) is 17.7 Å². The van der Waals surface area contributed by atoms with Gasteiger partial charge in [0.1, 0.15) is 11.5 Å². The second kappa shape index (κ2) is 7.92. The van der Waals surface area contributed by atoms with E-state index in [0.29, 0.717) is 23.5 Å². The van der Waals surface area contributed by atoms with E-state index in [1.807, 2.05) is 32.0 Å². The van der Waals surface area contributed by atoms with Gasteiger partial charge in [-0.1, -0.05) is 29.3 Å². The lowest BCUT2D eigenvalue weighted by Crippen LogP contribution is -2.35. The SMILES string of the molecule is COc1ccc(OC)c(C2CC2C(=O)NC(C(=O)O)c2cc(C)cc(C)c2)c1. The van der Waals surface area contributed by atoms with E-state index in [0.717, 1.165) is 16.7 Å². The summed E-state index contributed by atoms with van der Waals surface area (Å²) in [5.74, 6) is -0.242. The molecule has 6 nitrogen and oxygen atoms in total. The Labute approximate surface area is 164 Å². The lowest BCUT2D eigenvalue weighted by atomic mass is 10.0. The molecule has 28 heavy (non-hydrogen) atoms. The number of benzene rings is 2. The molecule has 0 bridgehead atoms. The van der Waals surface area contributed by atoms with Crippen LogP contribution in [0.4, 0.5) is 0 Å². The highest BCUT2D eigenvalue weighted by Crippen LogP contribution is 2.51. The zero-order valence-corrected chi connectivity index (χ0v) is 16.5. The highest BCUT2D eigenvalue weighted by atomic mass is 16.5. The molecule has 1 aliphatic rings. The van der Waals surface area contributed by atoms with Crippen LogP contribution in [0.15, 0.2) is 36.4 Å². The van der Waals surface area contributed by atoms with Crippen LogP contribution in [-0.4, -0.2) is 31.2 Å². The summed E-state index contributed by atoms with van der Waals surface area (Å²) in [6.45, 7) is 3.81. The van der Waals surface area contributed by atoms with E-state index in [4.69, 9.17) is 9.47 Å². The number of carbonyl (C=O) groups excluding carboxylic acids is 1. The largest absolute Gasteiger partial charge is 0.497 e. The average Bonchev–Trinajstić information content (AvgIpc) is 3.45. The van der Waals surface area contributed by atoms with Crippen molar-refractivity contribution in [1.29, 1.82) is 0 Å². The third-order valence-electron chi connectivity index (χ3n) is 5.07. The number of amides is 1. The molecule has 0 spiro atoms. The van der Waals surface area contributed by atoms with Crippen LogP contribution >= 0.6 is 0 Å². The number of aliphatic carboxylic acids is 1. The summed E-state index contributed by atoms with van der Waals surface area (Å²) in [7, 11) is 3.17. The Morgan fingerprint density at radius 1 is 1.07 bits per heavy atom. The maximum absolute atomic E-state index is 12.8. The van der Waals surface area contributed by atoms with Gasteiger partial charge in [-0.3, -0.25) is 4.79 Å². The van der Waals surface area contributed by atoms with E-state index in [1.165, 1.54) is 0 Å². The van der Waals surface area contributed by atoms with Gasteiger partial charge in [-0.05, 0) is 44.0 Å². The minimum atomic E-state index is -1.07. The van der Waals surface area contributed by atoms with Crippen molar-refractivity contribution in [3.63, 3.8) is 0 Å². The molecule has 3 atom stereocenters. The van der Waals surface area contributed by atoms with Gasteiger partial charge in [-0.2, -0.15) is 0 Å². The molecular formula is C22H25NO5. The van der Waals surface area contributed by atoms with Crippen molar-refractivity contribution in [3.05, 3.63) is 58.7 Å². The molecule has 0 heterocycles. The van der Waals surface area contributed by atoms with Gasteiger partial charge >= 0.3 is 5.97 Å². The molecule has 3 rings (SSSR count). The Morgan fingerprint density at radius 2 is 1.75 bits per heavy atom. The van der Waals surface area contributed by atoms with Gasteiger partial charge in [-0.15, -0.1) is 0 Å². The maximum Gasteiger partial charge on any atom is 0.330 e. The fourth-order valence-corrected chi connectivity index (χ4v) is 3.67. The summed E-state index contributed by atoms with van der Waals surface area (Å²) in [5, 5.41) is 12.3. The molecule has 0 saturated heterocycles. The number of nitrogens with one attached hydrogen (secondary N) is 1. The molecule has 1 amide bonds. The molecule has 0 aliphatic heterocycles. The number of rotatable bonds is 7. The number of hydrogen-bond donors (Lipinski definition) is 2. The highest BCUT2D eigenvalue weighted by molar-refractivity contribution is 5.88. The third kappa shape index (κ3) is 4.11. The molecule has 1 saturated carbocycles. The lowest BCUT2D eigenvalue weighted by molar-refractivity contribution is -0.142. The van der Waals surface area contributed by atoms with Crippen molar-refractivity contribution in [2.75, 3.05) is 14.2 Å². The Balaban J connectivity index is 1.77. The molecule has 2 aromatic carbocycles. The summed E-state index contributed by atoms with van der Waals surface area (Å²) < 4.78 is 10.7. The molecule has 1 aliphatic carbocycles. The summed E-state index contributed by atoms with van der Waals surface area (Å²) in [6, 6.07) is 9.98. The van der Waals surface area contributed by atoms with Gasteiger partial charge < -0.3 is 19.9 Å². The minimum absolute atomic E-state index is 0.0151. The first kappa shape index (κ1) is 19.7. The summed E-state index contributed by atoms with van der Waals surface area (Å²) in [5.41, 5.74) is 3.40. The fourth-order valence-electron chi connectivity index (χ4n) is 3.67. The zero-order valence-electron chi connectivity index (χ0n) is 16.5. The third-order valence-corrected chi connectivity index (χ3v) is 5.07. The van der Waals surface area contributed by atoms with Gasteiger partial charge in [-0.25, -0.2) is 4.79 Å². The number of methoxy groups -OCH3 is 2. The number of carboxylic acids is 1. The number of carboxylic acid groups (broad SMARTS) is 1. The van der Waals surface area contributed by atoms with Crippen LogP contribution < -0.4 is 14.8 Å². The number of carbonyl (C=O) groups is 2. The van der Waals surface area contributed by atoms with Crippen molar-refractivity contribution in [3.8, 4) is 11.5 Å². The molecule has 0 aromatic heterocycles. The number of ether oxygens (including phenoxy) is 2. The average molecular weight is 383 g/mol. The van der Waals surface area contributed by atoms with Gasteiger partial charge in [0.15, 0.2) is 6.04 Å². The highest BCUT2D eigenvalue weighted by Gasteiger charge is 2.46. The molecule has 2 aromatic rings. The fraction of sp³-hybridized carbons (Fsp3) is 0.364. The minimum Gasteiger partial charge on any atom is -0.497 e. The summed E-state index contributed by atoms with van der Waals surface area (Å²) >= 11 is 0. The van der Waals surface area contributed by atoms with Gasteiger partial charge in [0.05, 0.1) is 14.2 Å². The topological polar surface area (TPSA) is 84.9 Å².